The van der Waals surface area contributed by atoms with Crippen molar-refractivity contribution in [3.05, 3.63) is 47.3 Å². The predicted octanol–water partition coefficient (Wildman–Crippen LogP) is 1.89. The zero-order chi connectivity index (χ0) is 17.6. The van der Waals surface area contributed by atoms with Gasteiger partial charge in [0.1, 0.15) is 11.6 Å². The highest BCUT2D eigenvalue weighted by Gasteiger charge is 2.32. The number of fused-ring (bicyclic) bond motifs is 2. The van der Waals surface area contributed by atoms with Gasteiger partial charge in [-0.3, -0.25) is 9.59 Å². The number of imidazole rings is 1. The molecule has 3 heterocycles. The maximum absolute atomic E-state index is 13.4. The standard InChI is InChI=1S/C18H19FN4O2/c1-10-8-23-9-12(3-5-16(23)20-10)21-18(25)14-7-17(24)22-15-6-11(19)2-4-13(14)15/h2,4,6,8,12,14H,3,5,7,9H2,1H3,(H,21,25)(H,22,24)/t12-,14+/m0/s1. The van der Waals surface area contributed by atoms with Crippen molar-refractivity contribution >= 4 is 17.5 Å². The molecule has 25 heavy (non-hydrogen) atoms. The van der Waals surface area contributed by atoms with Crippen LogP contribution in [0.3, 0.4) is 0 Å². The van der Waals surface area contributed by atoms with Crippen molar-refractivity contribution in [3.8, 4) is 0 Å². The van der Waals surface area contributed by atoms with Gasteiger partial charge in [0.25, 0.3) is 0 Å². The number of hydrogen-bond donors (Lipinski definition) is 2. The molecule has 2 aliphatic heterocycles. The summed E-state index contributed by atoms with van der Waals surface area (Å²) in [4.78, 5) is 29.1. The van der Waals surface area contributed by atoms with Gasteiger partial charge in [-0.2, -0.15) is 0 Å². The Morgan fingerprint density at radius 3 is 3.12 bits per heavy atom. The van der Waals surface area contributed by atoms with Crippen LogP contribution in [0.1, 0.15) is 35.8 Å². The molecule has 2 amide bonds. The number of hydrogen-bond acceptors (Lipinski definition) is 3. The van der Waals surface area contributed by atoms with Crippen molar-refractivity contribution in [1.29, 1.82) is 0 Å². The number of benzene rings is 1. The summed E-state index contributed by atoms with van der Waals surface area (Å²) in [7, 11) is 0. The van der Waals surface area contributed by atoms with E-state index < -0.39 is 11.7 Å². The first-order chi connectivity index (χ1) is 12.0. The number of rotatable bonds is 2. The average Bonchev–Trinajstić information content (AvgIpc) is 2.92. The smallest absolute Gasteiger partial charge is 0.228 e. The normalized spacial score (nSPS) is 21.9. The summed E-state index contributed by atoms with van der Waals surface area (Å²) >= 11 is 0. The fourth-order valence-electron chi connectivity index (χ4n) is 3.68. The Morgan fingerprint density at radius 1 is 1.44 bits per heavy atom. The summed E-state index contributed by atoms with van der Waals surface area (Å²) in [6.07, 6.45) is 3.69. The second-order valence-corrected chi connectivity index (χ2v) is 6.73. The summed E-state index contributed by atoms with van der Waals surface area (Å²) in [6, 6.07) is 4.15. The van der Waals surface area contributed by atoms with Gasteiger partial charge in [-0.05, 0) is 31.0 Å². The lowest BCUT2D eigenvalue weighted by Gasteiger charge is -2.29. The molecule has 0 saturated carbocycles. The highest BCUT2D eigenvalue weighted by atomic mass is 19.1. The van der Waals surface area contributed by atoms with Crippen LogP contribution in [0.2, 0.25) is 0 Å². The maximum Gasteiger partial charge on any atom is 0.228 e. The highest BCUT2D eigenvalue weighted by Crippen LogP contribution is 2.33. The molecule has 0 unspecified atom stereocenters. The molecular formula is C18H19FN4O2. The first kappa shape index (κ1) is 15.8. The molecule has 0 bridgehead atoms. The largest absolute Gasteiger partial charge is 0.351 e. The van der Waals surface area contributed by atoms with Crippen LogP contribution >= 0.6 is 0 Å². The van der Waals surface area contributed by atoms with Crippen molar-refractivity contribution in [3.63, 3.8) is 0 Å². The number of carbonyl (C=O) groups is 2. The van der Waals surface area contributed by atoms with Gasteiger partial charge in [-0.25, -0.2) is 9.37 Å². The fourth-order valence-corrected chi connectivity index (χ4v) is 3.68. The number of nitrogens with one attached hydrogen (secondary N) is 2. The van der Waals surface area contributed by atoms with E-state index in [2.05, 4.69) is 20.2 Å². The third kappa shape index (κ3) is 3.01. The Kier molecular flexibility index (Phi) is 3.78. The van der Waals surface area contributed by atoms with E-state index in [0.29, 0.717) is 17.8 Å². The van der Waals surface area contributed by atoms with Crippen molar-refractivity contribution in [2.45, 2.75) is 44.7 Å². The SMILES string of the molecule is Cc1cn2c(n1)CC[C@H](NC(=O)[C@@H]1CC(=O)Nc3cc(F)ccc31)C2. The minimum absolute atomic E-state index is 0.00230. The first-order valence-electron chi connectivity index (χ1n) is 8.42. The molecule has 1 aromatic carbocycles. The lowest BCUT2D eigenvalue weighted by atomic mass is 9.89. The molecule has 4 rings (SSSR count). The van der Waals surface area contributed by atoms with E-state index in [4.69, 9.17) is 0 Å². The van der Waals surface area contributed by atoms with Gasteiger partial charge in [0, 0.05) is 37.3 Å². The predicted molar refractivity (Wildman–Crippen MR) is 89.6 cm³/mol. The fraction of sp³-hybridized carbons (Fsp3) is 0.389. The van der Waals surface area contributed by atoms with Crippen LogP contribution in [0.5, 0.6) is 0 Å². The Hall–Kier alpha value is -2.70. The zero-order valence-corrected chi connectivity index (χ0v) is 13.9. The summed E-state index contributed by atoms with van der Waals surface area (Å²) in [5.41, 5.74) is 2.02. The number of carbonyl (C=O) groups excluding carboxylic acids is 2. The minimum atomic E-state index is -0.588. The van der Waals surface area contributed by atoms with Gasteiger partial charge in [0.05, 0.1) is 11.6 Å². The molecule has 130 valence electrons. The molecule has 2 aromatic rings. The molecule has 0 spiro atoms. The van der Waals surface area contributed by atoms with Gasteiger partial charge in [0.2, 0.25) is 11.8 Å². The van der Waals surface area contributed by atoms with Crippen molar-refractivity contribution in [1.82, 2.24) is 14.9 Å². The third-order valence-corrected chi connectivity index (χ3v) is 4.83. The minimum Gasteiger partial charge on any atom is -0.351 e. The van der Waals surface area contributed by atoms with E-state index >= 15 is 0 Å². The van der Waals surface area contributed by atoms with E-state index in [1.54, 1.807) is 6.07 Å². The third-order valence-electron chi connectivity index (χ3n) is 4.83. The molecule has 0 saturated heterocycles. The second-order valence-electron chi connectivity index (χ2n) is 6.73. The maximum atomic E-state index is 13.4. The number of nitrogens with zero attached hydrogens (tertiary/aromatic N) is 2. The van der Waals surface area contributed by atoms with Crippen molar-refractivity contribution in [2.75, 3.05) is 5.32 Å². The molecule has 0 aliphatic carbocycles. The number of aromatic nitrogens is 2. The van der Waals surface area contributed by atoms with Gasteiger partial charge in [0.15, 0.2) is 0 Å². The van der Waals surface area contributed by atoms with E-state index in [1.165, 1.54) is 12.1 Å². The highest BCUT2D eigenvalue weighted by molar-refractivity contribution is 6.01. The van der Waals surface area contributed by atoms with Crippen LogP contribution in [0.15, 0.2) is 24.4 Å². The molecule has 7 heteroatoms. The Bertz CT molecular complexity index is 861. The Balaban J connectivity index is 1.51. The van der Waals surface area contributed by atoms with E-state index in [0.717, 1.165) is 24.4 Å². The first-order valence-corrected chi connectivity index (χ1v) is 8.42. The van der Waals surface area contributed by atoms with Crippen LogP contribution in [-0.4, -0.2) is 27.4 Å². The summed E-state index contributed by atoms with van der Waals surface area (Å²) in [5.74, 6) is -0.436. The number of halogens is 1. The molecule has 2 N–H and O–H groups in total. The van der Waals surface area contributed by atoms with E-state index in [-0.39, 0.29) is 24.3 Å². The quantitative estimate of drug-likeness (QED) is 0.875. The number of aryl methyl sites for hydroxylation is 2. The van der Waals surface area contributed by atoms with Gasteiger partial charge < -0.3 is 15.2 Å². The topological polar surface area (TPSA) is 76.0 Å². The van der Waals surface area contributed by atoms with Crippen LogP contribution in [0.4, 0.5) is 10.1 Å². The molecular weight excluding hydrogens is 323 g/mol. The zero-order valence-electron chi connectivity index (χ0n) is 13.9. The molecule has 2 atom stereocenters. The van der Waals surface area contributed by atoms with E-state index in [9.17, 15) is 14.0 Å². The monoisotopic (exact) mass is 342 g/mol. The Labute approximate surface area is 144 Å². The van der Waals surface area contributed by atoms with Crippen LogP contribution in [-0.2, 0) is 22.6 Å². The second kappa shape index (κ2) is 5.98. The molecule has 1 aromatic heterocycles. The summed E-state index contributed by atoms with van der Waals surface area (Å²) < 4.78 is 15.5. The summed E-state index contributed by atoms with van der Waals surface area (Å²) in [6.45, 7) is 2.63. The van der Waals surface area contributed by atoms with Crippen molar-refractivity contribution in [2.24, 2.45) is 0 Å². The van der Waals surface area contributed by atoms with Crippen molar-refractivity contribution < 1.29 is 14.0 Å². The summed E-state index contributed by atoms with van der Waals surface area (Å²) in [5, 5.41) is 5.69. The average molecular weight is 342 g/mol. The molecule has 0 fully saturated rings. The van der Waals surface area contributed by atoms with Gasteiger partial charge >= 0.3 is 0 Å². The lowest BCUT2D eigenvalue weighted by molar-refractivity contribution is -0.127. The van der Waals surface area contributed by atoms with E-state index in [1.807, 2.05) is 13.1 Å². The number of amides is 2. The van der Waals surface area contributed by atoms with Crippen LogP contribution in [0, 0.1) is 12.7 Å². The Morgan fingerprint density at radius 2 is 2.28 bits per heavy atom. The molecule has 0 radical (unpaired) electrons. The lowest BCUT2D eigenvalue weighted by Crippen LogP contribution is -2.44. The van der Waals surface area contributed by atoms with Crippen LogP contribution < -0.4 is 10.6 Å². The van der Waals surface area contributed by atoms with Gasteiger partial charge in [-0.1, -0.05) is 6.07 Å². The molecule has 6 nitrogen and oxygen atoms in total. The van der Waals surface area contributed by atoms with Crippen LogP contribution in [0.25, 0.3) is 0 Å². The van der Waals surface area contributed by atoms with Gasteiger partial charge in [-0.15, -0.1) is 0 Å². The molecule has 2 aliphatic rings. The number of anilines is 1.